The van der Waals surface area contributed by atoms with Crippen molar-refractivity contribution < 1.29 is 14.6 Å². The molecule has 20 heavy (non-hydrogen) atoms. The number of carbonyl (C=O) groups is 1. The molecule has 110 valence electrons. The van der Waals surface area contributed by atoms with Crippen molar-refractivity contribution in [3.05, 3.63) is 28.3 Å². The van der Waals surface area contributed by atoms with Crippen LogP contribution in [0.1, 0.15) is 32.8 Å². The summed E-state index contributed by atoms with van der Waals surface area (Å²) in [5.74, 6) is -0.329. The molecule has 0 saturated heterocycles. The van der Waals surface area contributed by atoms with Crippen molar-refractivity contribution >= 4 is 12.2 Å². The van der Waals surface area contributed by atoms with Gasteiger partial charge < -0.3 is 20.1 Å². The number of alkyl carbamates (subject to hydrolysis) is 1. The number of aromatic amines is 1. The molecule has 7 heteroatoms. The lowest BCUT2D eigenvalue weighted by Crippen LogP contribution is -2.32. The smallest absolute Gasteiger partial charge is 0.407 e. The number of H-pyrrole nitrogens is 1. The maximum atomic E-state index is 11.4. The van der Waals surface area contributed by atoms with E-state index in [1.165, 1.54) is 6.08 Å². The first-order valence-corrected chi connectivity index (χ1v) is 6.19. The molecular weight excluding hydrogens is 262 g/mol. The van der Waals surface area contributed by atoms with E-state index in [4.69, 9.17) is 4.74 Å². The highest BCUT2D eigenvalue weighted by molar-refractivity contribution is 5.67. The van der Waals surface area contributed by atoms with E-state index in [9.17, 15) is 14.7 Å². The molecule has 1 aromatic rings. The number of nitrogens with one attached hydrogen (secondary N) is 2. The number of hydrogen-bond donors (Lipinski definition) is 3. The topological polar surface area (TPSA) is 104 Å². The molecule has 0 saturated carbocycles. The third-order valence-corrected chi connectivity index (χ3v) is 2.13. The van der Waals surface area contributed by atoms with E-state index in [0.717, 1.165) is 6.33 Å². The average molecular weight is 281 g/mol. The van der Waals surface area contributed by atoms with Crippen LogP contribution in [0.15, 0.2) is 17.2 Å². The molecule has 1 aromatic heterocycles. The number of ether oxygens (including phenoxy) is 1. The van der Waals surface area contributed by atoms with Crippen LogP contribution in [0.5, 0.6) is 5.88 Å². The number of carbonyl (C=O) groups excluding carboxylic acids is 1. The molecule has 0 aromatic carbocycles. The SMILES string of the molecule is CC(C)(C)OC(=O)NCCC=Cc1c(O)nc[nH]c1=O. The monoisotopic (exact) mass is 281 g/mol. The second-order valence-corrected chi connectivity index (χ2v) is 5.09. The van der Waals surface area contributed by atoms with Gasteiger partial charge >= 0.3 is 6.09 Å². The van der Waals surface area contributed by atoms with E-state index in [1.54, 1.807) is 26.8 Å². The Morgan fingerprint density at radius 2 is 2.25 bits per heavy atom. The van der Waals surface area contributed by atoms with Crippen LogP contribution in [0.3, 0.4) is 0 Å². The largest absolute Gasteiger partial charge is 0.493 e. The van der Waals surface area contributed by atoms with Gasteiger partial charge in [-0.25, -0.2) is 9.78 Å². The van der Waals surface area contributed by atoms with Gasteiger partial charge in [-0.1, -0.05) is 6.08 Å². The molecule has 0 aliphatic rings. The Morgan fingerprint density at radius 1 is 1.55 bits per heavy atom. The van der Waals surface area contributed by atoms with Crippen LogP contribution in [0.25, 0.3) is 6.08 Å². The van der Waals surface area contributed by atoms with Crippen molar-refractivity contribution in [3.8, 4) is 5.88 Å². The second-order valence-electron chi connectivity index (χ2n) is 5.09. The first kappa shape index (κ1) is 15.7. The quantitative estimate of drug-likeness (QED) is 0.724. The summed E-state index contributed by atoms with van der Waals surface area (Å²) >= 11 is 0. The molecule has 0 unspecified atom stereocenters. The molecule has 0 aliphatic heterocycles. The first-order chi connectivity index (χ1) is 9.29. The molecule has 0 atom stereocenters. The minimum absolute atomic E-state index is 0.0877. The highest BCUT2D eigenvalue weighted by atomic mass is 16.6. The Balaban J connectivity index is 2.40. The average Bonchev–Trinajstić information content (AvgIpc) is 2.29. The number of aromatic nitrogens is 2. The highest BCUT2D eigenvalue weighted by Gasteiger charge is 2.15. The van der Waals surface area contributed by atoms with Crippen LogP contribution >= 0.6 is 0 Å². The van der Waals surface area contributed by atoms with E-state index in [1.807, 2.05) is 0 Å². The number of amides is 1. The fourth-order valence-corrected chi connectivity index (χ4v) is 1.32. The van der Waals surface area contributed by atoms with E-state index in [0.29, 0.717) is 13.0 Å². The van der Waals surface area contributed by atoms with Gasteiger partial charge in [0.1, 0.15) is 11.2 Å². The Labute approximate surface area is 116 Å². The van der Waals surface area contributed by atoms with Crippen LogP contribution in [-0.4, -0.2) is 33.3 Å². The number of nitrogens with zero attached hydrogens (tertiary/aromatic N) is 1. The van der Waals surface area contributed by atoms with Crippen molar-refractivity contribution in [3.63, 3.8) is 0 Å². The van der Waals surface area contributed by atoms with Gasteiger partial charge in [0, 0.05) is 6.54 Å². The van der Waals surface area contributed by atoms with Crippen LogP contribution < -0.4 is 10.9 Å². The Hall–Kier alpha value is -2.31. The Bertz CT molecular complexity index is 543. The maximum Gasteiger partial charge on any atom is 0.407 e. The molecule has 7 nitrogen and oxygen atoms in total. The normalized spacial score (nSPS) is 11.6. The summed E-state index contributed by atoms with van der Waals surface area (Å²) in [6.45, 7) is 5.71. The van der Waals surface area contributed by atoms with Crippen LogP contribution in [0.4, 0.5) is 4.79 Å². The predicted octanol–water partition coefficient (Wildman–Crippen LogP) is 1.40. The molecule has 0 bridgehead atoms. The van der Waals surface area contributed by atoms with E-state index >= 15 is 0 Å². The summed E-state index contributed by atoms with van der Waals surface area (Å²) in [7, 11) is 0. The van der Waals surface area contributed by atoms with Crippen molar-refractivity contribution in [1.29, 1.82) is 0 Å². The third-order valence-electron chi connectivity index (χ3n) is 2.13. The summed E-state index contributed by atoms with van der Waals surface area (Å²) in [5, 5.41) is 12.0. The van der Waals surface area contributed by atoms with Gasteiger partial charge in [0.05, 0.1) is 6.33 Å². The molecule has 1 amide bonds. The molecule has 0 fully saturated rings. The number of hydrogen-bond acceptors (Lipinski definition) is 5. The summed E-state index contributed by atoms with van der Waals surface area (Å²) < 4.78 is 5.06. The van der Waals surface area contributed by atoms with Crippen LogP contribution in [0, 0.1) is 0 Å². The van der Waals surface area contributed by atoms with Crippen molar-refractivity contribution in [1.82, 2.24) is 15.3 Å². The zero-order valence-electron chi connectivity index (χ0n) is 11.8. The molecule has 1 heterocycles. The van der Waals surface area contributed by atoms with Crippen molar-refractivity contribution in [2.75, 3.05) is 6.54 Å². The van der Waals surface area contributed by atoms with Gasteiger partial charge in [-0.05, 0) is 33.3 Å². The maximum absolute atomic E-state index is 11.4. The Morgan fingerprint density at radius 3 is 2.85 bits per heavy atom. The fourth-order valence-electron chi connectivity index (χ4n) is 1.32. The molecule has 0 aliphatic carbocycles. The zero-order valence-corrected chi connectivity index (χ0v) is 11.8. The summed E-state index contributed by atoms with van der Waals surface area (Å²) in [6.07, 6.45) is 4.24. The van der Waals surface area contributed by atoms with Gasteiger partial charge in [-0.2, -0.15) is 0 Å². The number of aromatic hydroxyl groups is 1. The highest BCUT2D eigenvalue weighted by Crippen LogP contribution is 2.08. The first-order valence-electron chi connectivity index (χ1n) is 6.19. The standard InChI is InChI=1S/C13H19N3O4/c1-13(2,3)20-12(19)14-7-5-4-6-9-10(17)15-8-16-11(9)18/h4,6,8H,5,7H2,1-3H3,(H,14,19)(H2,15,16,17,18). The third kappa shape index (κ3) is 5.55. The molecule has 0 radical (unpaired) electrons. The molecule has 1 rings (SSSR count). The zero-order chi connectivity index (χ0) is 15.2. The van der Waals surface area contributed by atoms with Crippen LogP contribution in [0.2, 0.25) is 0 Å². The predicted molar refractivity (Wildman–Crippen MR) is 74.4 cm³/mol. The summed E-state index contributed by atoms with van der Waals surface area (Å²) in [4.78, 5) is 28.6. The lowest BCUT2D eigenvalue weighted by atomic mass is 10.2. The minimum Gasteiger partial charge on any atom is -0.493 e. The Kier molecular flexibility index (Phi) is 5.31. The van der Waals surface area contributed by atoms with Gasteiger partial charge in [0.15, 0.2) is 0 Å². The van der Waals surface area contributed by atoms with E-state index in [2.05, 4.69) is 15.3 Å². The van der Waals surface area contributed by atoms with E-state index in [-0.39, 0.29) is 11.4 Å². The fraction of sp³-hybridized carbons (Fsp3) is 0.462. The van der Waals surface area contributed by atoms with Gasteiger partial charge in [-0.3, -0.25) is 4.79 Å². The summed E-state index contributed by atoms with van der Waals surface area (Å²) in [6, 6.07) is 0. The lowest BCUT2D eigenvalue weighted by Gasteiger charge is -2.19. The van der Waals surface area contributed by atoms with Crippen LogP contribution in [-0.2, 0) is 4.74 Å². The second kappa shape index (κ2) is 6.74. The molecular formula is C13H19N3O4. The summed E-state index contributed by atoms with van der Waals surface area (Å²) in [5.41, 5.74) is -0.868. The molecule has 0 spiro atoms. The van der Waals surface area contributed by atoms with Gasteiger partial charge in [0.2, 0.25) is 5.88 Å². The molecule has 3 N–H and O–H groups in total. The minimum atomic E-state index is -0.533. The van der Waals surface area contributed by atoms with Gasteiger partial charge in [0.25, 0.3) is 5.56 Å². The van der Waals surface area contributed by atoms with Gasteiger partial charge in [-0.15, -0.1) is 0 Å². The van der Waals surface area contributed by atoms with Crippen molar-refractivity contribution in [2.24, 2.45) is 0 Å². The lowest BCUT2D eigenvalue weighted by molar-refractivity contribution is 0.0529. The van der Waals surface area contributed by atoms with Crippen molar-refractivity contribution in [2.45, 2.75) is 32.8 Å². The number of rotatable bonds is 4. The van der Waals surface area contributed by atoms with E-state index < -0.39 is 17.3 Å².